The molecule has 0 radical (unpaired) electrons. The van der Waals surface area contributed by atoms with Gasteiger partial charge in [0.25, 0.3) is 17.5 Å². The fourth-order valence-corrected chi connectivity index (χ4v) is 3.77. The van der Waals surface area contributed by atoms with E-state index >= 15 is 0 Å². The fraction of sp³-hybridized carbons (Fsp3) is 0.0435. The van der Waals surface area contributed by atoms with Gasteiger partial charge in [-0.25, -0.2) is 4.90 Å². The molecule has 0 aromatic heterocycles. The van der Waals surface area contributed by atoms with E-state index in [1.807, 2.05) is 6.92 Å². The van der Waals surface area contributed by atoms with Crippen molar-refractivity contribution in [3.63, 3.8) is 0 Å². The van der Waals surface area contributed by atoms with Crippen LogP contribution in [0.15, 0.2) is 72.4 Å². The largest absolute Gasteiger partial charge is 0.350 e. The number of nitro groups is 1. The normalized spacial score (nSPS) is 13.7. The molecule has 9 heteroatoms. The third kappa shape index (κ3) is 3.84. The first-order chi connectivity index (χ1) is 15.3. The third-order valence-electron chi connectivity index (χ3n) is 5.00. The van der Waals surface area contributed by atoms with E-state index in [9.17, 15) is 19.7 Å². The Morgan fingerprint density at radius 2 is 1.62 bits per heavy atom. The Labute approximate surface area is 193 Å². The molecule has 3 aromatic carbocycles. The number of carbonyl (C=O) groups excluding carboxylic acids is 2. The Morgan fingerprint density at radius 1 is 0.938 bits per heavy atom. The van der Waals surface area contributed by atoms with Gasteiger partial charge in [0.15, 0.2) is 0 Å². The van der Waals surface area contributed by atoms with Gasteiger partial charge in [0.05, 0.1) is 21.2 Å². The molecule has 1 heterocycles. The molecule has 1 N–H and O–H groups in total. The quantitative estimate of drug-likeness (QED) is 0.299. The van der Waals surface area contributed by atoms with Gasteiger partial charge in [0.2, 0.25) is 0 Å². The molecule has 7 nitrogen and oxygen atoms in total. The van der Waals surface area contributed by atoms with Crippen LogP contribution in [0.2, 0.25) is 10.0 Å². The molecular formula is C23H15Cl2N3O4. The average molecular weight is 468 g/mol. The predicted octanol–water partition coefficient (Wildman–Crippen LogP) is 5.61. The van der Waals surface area contributed by atoms with E-state index in [4.69, 9.17) is 23.2 Å². The zero-order valence-corrected chi connectivity index (χ0v) is 18.1. The SMILES string of the molecule is Cc1ccc(Cl)cc1NC1=C(c2ccc([N+](=O)[O-])cc2)C(=O)N(c2ccccc2Cl)C1=O. The second-order valence-corrected chi connectivity index (χ2v) is 7.88. The van der Waals surface area contributed by atoms with E-state index in [1.54, 1.807) is 42.5 Å². The number of hydrogen-bond acceptors (Lipinski definition) is 5. The molecule has 0 saturated carbocycles. The number of nitro benzene ring substituents is 1. The molecule has 3 aromatic rings. The molecule has 4 rings (SSSR count). The summed E-state index contributed by atoms with van der Waals surface area (Å²) in [6.07, 6.45) is 0. The van der Waals surface area contributed by atoms with Crippen molar-refractivity contribution in [2.45, 2.75) is 6.92 Å². The van der Waals surface area contributed by atoms with Crippen molar-refractivity contribution in [2.75, 3.05) is 10.2 Å². The highest BCUT2D eigenvalue weighted by Gasteiger charge is 2.41. The van der Waals surface area contributed by atoms with Crippen LogP contribution in [0.3, 0.4) is 0 Å². The molecule has 0 saturated heterocycles. The summed E-state index contributed by atoms with van der Waals surface area (Å²) in [4.78, 5) is 38.3. The first-order valence-corrected chi connectivity index (χ1v) is 10.2. The number of nitrogens with zero attached hydrogens (tertiary/aromatic N) is 2. The van der Waals surface area contributed by atoms with E-state index in [0.717, 1.165) is 10.5 Å². The molecule has 0 spiro atoms. The minimum Gasteiger partial charge on any atom is -0.350 e. The van der Waals surface area contributed by atoms with E-state index in [1.165, 1.54) is 24.3 Å². The number of anilines is 2. The molecule has 1 aliphatic rings. The molecule has 1 aliphatic heterocycles. The first kappa shape index (κ1) is 21.5. The average Bonchev–Trinajstić information content (AvgIpc) is 3.00. The molecule has 2 amide bonds. The topological polar surface area (TPSA) is 92.6 Å². The highest BCUT2D eigenvalue weighted by Crippen LogP contribution is 2.37. The zero-order chi connectivity index (χ0) is 23.0. The van der Waals surface area contributed by atoms with Gasteiger partial charge in [0, 0.05) is 22.8 Å². The van der Waals surface area contributed by atoms with Gasteiger partial charge in [-0.1, -0.05) is 41.4 Å². The smallest absolute Gasteiger partial charge is 0.282 e. The van der Waals surface area contributed by atoms with Crippen LogP contribution in [0.1, 0.15) is 11.1 Å². The molecule has 160 valence electrons. The van der Waals surface area contributed by atoms with Crippen molar-refractivity contribution in [1.82, 2.24) is 0 Å². The minimum absolute atomic E-state index is 0.0224. The number of non-ortho nitro benzene ring substituents is 1. The van der Waals surface area contributed by atoms with Gasteiger partial charge < -0.3 is 5.32 Å². The summed E-state index contributed by atoms with van der Waals surface area (Å²) in [6, 6.07) is 17.1. The summed E-state index contributed by atoms with van der Waals surface area (Å²) in [6.45, 7) is 1.83. The van der Waals surface area contributed by atoms with E-state index < -0.39 is 16.7 Å². The van der Waals surface area contributed by atoms with Crippen molar-refractivity contribution in [3.8, 4) is 0 Å². The Kier molecular flexibility index (Phi) is 5.69. The molecule has 0 bridgehead atoms. The standard InChI is InChI=1S/C23H15Cl2N3O4/c1-13-6-9-15(24)12-18(13)26-21-20(14-7-10-16(11-8-14)28(31)32)22(29)27(23(21)30)19-5-3-2-4-17(19)25/h2-12,26H,1H3. The second-order valence-electron chi connectivity index (χ2n) is 7.04. The maximum Gasteiger partial charge on any atom is 0.282 e. The summed E-state index contributed by atoms with van der Waals surface area (Å²) in [5.41, 5.74) is 1.91. The number of amides is 2. The Morgan fingerprint density at radius 3 is 2.28 bits per heavy atom. The van der Waals surface area contributed by atoms with Crippen LogP contribution in [0, 0.1) is 17.0 Å². The molecule has 0 aliphatic carbocycles. The number of para-hydroxylation sites is 1. The van der Waals surface area contributed by atoms with Gasteiger partial charge in [0.1, 0.15) is 5.70 Å². The molecule has 0 fully saturated rings. The number of imide groups is 1. The van der Waals surface area contributed by atoms with Crippen LogP contribution < -0.4 is 10.2 Å². The van der Waals surface area contributed by atoms with E-state index in [0.29, 0.717) is 16.3 Å². The summed E-state index contributed by atoms with van der Waals surface area (Å²) in [5.74, 6) is -1.20. The van der Waals surface area contributed by atoms with E-state index in [-0.39, 0.29) is 27.7 Å². The number of carbonyl (C=O) groups is 2. The molecule has 0 unspecified atom stereocenters. The monoisotopic (exact) mass is 467 g/mol. The lowest BCUT2D eigenvalue weighted by Crippen LogP contribution is -2.32. The first-order valence-electron chi connectivity index (χ1n) is 9.43. The van der Waals surface area contributed by atoms with Crippen LogP contribution >= 0.6 is 23.2 Å². The lowest BCUT2D eigenvalue weighted by molar-refractivity contribution is -0.384. The number of nitrogens with one attached hydrogen (secondary N) is 1. The van der Waals surface area contributed by atoms with E-state index in [2.05, 4.69) is 5.32 Å². The minimum atomic E-state index is -0.601. The third-order valence-corrected chi connectivity index (χ3v) is 5.56. The number of hydrogen-bond donors (Lipinski definition) is 1. The Balaban J connectivity index is 1.86. The maximum atomic E-state index is 13.4. The molecular weight excluding hydrogens is 453 g/mol. The van der Waals surface area contributed by atoms with Crippen LogP contribution in [0.5, 0.6) is 0 Å². The van der Waals surface area contributed by atoms with Gasteiger partial charge in [-0.2, -0.15) is 0 Å². The van der Waals surface area contributed by atoms with Gasteiger partial charge in [-0.05, 0) is 54.4 Å². The van der Waals surface area contributed by atoms with Gasteiger partial charge in [-0.15, -0.1) is 0 Å². The second kappa shape index (κ2) is 8.45. The van der Waals surface area contributed by atoms with Crippen LogP contribution in [0.25, 0.3) is 5.57 Å². The number of aryl methyl sites for hydroxylation is 1. The highest BCUT2D eigenvalue weighted by molar-refractivity contribution is 6.48. The van der Waals surface area contributed by atoms with Crippen molar-refractivity contribution in [3.05, 3.63) is 104 Å². The Bertz CT molecular complexity index is 1300. The lowest BCUT2D eigenvalue weighted by Gasteiger charge is -2.17. The summed E-state index contributed by atoms with van der Waals surface area (Å²) < 4.78 is 0. The summed E-state index contributed by atoms with van der Waals surface area (Å²) in [7, 11) is 0. The van der Waals surface area contributed by atoms with Crippen LogP contribution in [-0.4, -0.2) is 16.7 Å². The zero-order valence-electron chi connectivity index (χ0n) is 16.6. The van der Waals surface area contributed by atoms with Crippen LogP contribution in [0.4, 0.5) is 17.1 Å². The number of rotatable bonds is 5. The molecule has 32 heavy (non-hydrogen) atoms. The van der Waals surface area contributed by atoms with Crippen molar-refractivity contribution in [2.24, 2.45) is 0 Å². The Hall–Kier alpha value is -3.68. The fourth-order valence-electron chi connectivity index (χ4n) is 3.38. The van der Waals surface area contributed by atoms with Gasteiger partial charge in [-0.3, -0.25) is 19.7 Å². The van der Waals surface area contributed by atoms with Crippen LogP contribution in [-0.2, 0) is 9.59 Å². The highest BCUT2D eigenvalue weighted by atomic mass is 35.5. The number of halogens is 2. The summed E-state index contributed by atoms with van der Waals surface area (Å²) >= 11 is 12.4. The van der Waals surface area contributed by atoms with Crippen molar-refractivity contribution >= 4 is 57.7 Å². The predicted molar refractivity (Wildman–Crippen MR) is 124 cm³/mol. The lowest BCUT2D eigenvalue weighted by atomic mass is 10.0. The molecule has 0 atom stereocenters. The van der Waals surface area contributed by atoms with Crippen molar-refractivity contribution in [1.29, 1.82) is 0 Å². The number of benzene rings is 3. The van der Waals surface area contributed by atoms with Gasteiger partial charge >= 0.3 is 0 Å². The van der Waals surface area contributed by atoms with Crippen molar-refractivity contribution < 1.29 is 14.5 Å². The maximum absolute atomic E-state index is 13.4. The summed E-state index contributed by atoms with van der Waals surface area (Å²) in [5, 5.41) is 14.8.